The number of carbonyl (C=O) groups is 2. The van der Waals surface area contributed by atoms with Gasteiger partial charge in [0.2, 0.25) is 0 Å². The van der Waals surface area contributed by atoms with Crippen LogP contribution in [0.3, 0.4) is 0 Å². The Bertz CT molecular complexity index is 561. The molecule has 0 spiro atoms. The average Bonchev–Trinajstić information content (AvgIpc) is 2.69. The fourth-order valence-electron chi connectivity index (χ4n) is 1.29. The van der Waals surface area contributed by atoms with Crippen LogP contribution in [0.5, 0.6) is 0 Å². The number of alkyl halides is 3. The highest BCUT2D eigenvalue weighted by atomic mass is 32.1. The zero-order chi connectivity index (χ0) is 16.6. The Balaban J connectivity index is 3.15. The van der Waals surface area contributed by atoms with Gasteiger partial charge in [0.05, 0.1) is 0 Å². The van der Waals surface area contributed by atoms with Crippen LogP contribution in [-0.2, 0) is 10.9 Å². The number of carbonyl (C=O) groups excluding carboxylic acids is 2. The minimum absolute atomic E-state index is 0.248. The quantitative estimate of drug-likeness (QED) is 0.778. The minimum atomic E-state index is -4.76. The van der Waals surface area contributed by atoms with Crippen LogP contribution in [0.1, 0.15) is 43.1 Å². The molecule has 0 saturated carbocycles. The van der Waals surface area contributed by atoms with Crippen molar-refractivity contribution in [3.05, 3.63) is 10.6 Å². The summed E-state index contributed by atoms with van der Waals surface area (Å²) in [6, 6.07) is 0. The second-order valence-corrected chi connectivity index (χ2v) is 6.24. The van der Waals surface area contributed by atoms with Crippen LogP contribution >= 0.6 is 11.3 Å². The van der Waals surface area contributed by atoms with E-state index in [0.717, 1.165) is 11.8 Å². The van der Waals surface area contributed by atoms with E-state index in [9.17, 15) is 22.8 Å². The molecule has 0 fully saturated rings. The van der Waals surface area contributed by atoms with E-state index in [1.54, 1.807) is 20.8 Å². The maximum Gasteiger partial charge on any atom is 0.435 e. The molecule has 21 heavy (non-hydrogen) atoms. The first-order chi connectivity index (χ1) is 9.33. The number of ether oxygens (including phenoxy) is 1. The standard InChI is InChI=1S/C12H15F3N2O3S/c1-6(18)7-8(12(13,14)15)16-9(21-7)17(5)10(19)20-11(2,3)4/h1-5H3. The number of hydrogen-bond donors (Lipinski definition) is 0. The number of Topliss-reactive ketones (excluding diaryl/α,β-unsaturated/α-hetero) is 1. The van der Waals surface area contributed by atoms with Crippen LogP contribution in [0.4, 0.5) is 23.1 Å². The van der Waals surface area contributed by atoms with Crippen LogP contribution in [0, 0.1) is 0 Å². The Morgan fingerprint density at radius 3 is 2.10 bits per heavy atom. The molecule has 1 amide bonds. The van der Waals surface area contributed by atoms with Crippen molar-refractivity contribution in [2.45, 2.75) is 39.5 Å². The maximum atomic E-state index is 12.8. The number of rotatable bonds is 2. The van der Waals surface area contributed by atoms with Crippen LogP contribution in [-0.4, -0.2) is 29.5 Å². The van der Waals surface area contributed by atoms with Crippen molar-refractivity contribution in [1.29, 1.82) is 0 Å². The van der Waals surface area contributed by atoms with Gasteiger partial charge in [0.15, 0.2) is 16.6 Å². The molecule has 0 aliphatic rings. The first-order valence-corrected chi connectivity index (χ1v) is 6.70. The van der Waals surface area contributed by atoms with Crippen molar-refractivity contribution in [2.75, 3.05) is 11.9 Å². The lowest BCUT2D eigenvalue weighted by Gasteiger charge is -2.23. The van der Waals surface area contributed by atoms with E-state index in [0.29, 0.717) is 11.3 Å². The van der Waals surface area contributed by atoms with Crippen molar-refractivity contribution in [3.63, 3.8) is 0 Å². The highest BCUT2D eigenvalue weighted by molar-refractivity contribution is 7.17. The largest absolute Gasteiger partial charge is 0.443 e. The molecule has 0 saturated heterocycles. The van der Waals surface area contributed by atoms with Crippen molar-refractivity contribution < 1.29 is 27.5 Å². The molecule has 1 rings (SSSR count). The second kappa shape index (κ2) is 5.63. The van der Waals surface area contributed by atoms with Crippen molar-refractivity contribution >= 4 is 28.3 Å². The Morgan fingerprint density at radius 2 is 1.76 bits per heavy atom. The van der Waals surface area contributed by atoms with Crippen LogP contribution < -0.4 is 4.90 Å². The summed E-state index contributed by atoms with van der Waals surface area (Å²) < 4.78 is 43.5. The van der Waals surface area contributed by atoms with Gasteiger partial charge in [-0.05, 0) is 20.8 Å². The van der Waals surface area contributed by atoms with Crippen molar-refractivity contribution in [2.24, 2.45) is 0 Å². The van der Waals surface area contributed by atoms with E-state index in [-0.39, 0.29) is 5.13 Å². The number of nitrogens with zero attached hydrogens (tertiary/aromatic N) is 2. The zero-order valence-corrected chi connectivity index (χ0v) is 13.0. The van der Waals surface area contributed by atoms with E-state index in [4.69, 9.17) is 4.74 Å². The molecule has 0 radical (unpaired) electrons. The van der Waals surface area contributed by atoms with Gasteiger partial charge in [-0.2, -0.15) is 13.2 Å². The number of hydrogen-bond acceptors (Lipinski definition) is 5. The molecule has 0 N–H and O–H groups in total. The third-order valence-corrected chi connectivity index (χ3v) is 3.39. The molecule has 0 bridgehead atoms. The number of aromatic nitrogens is 1. The van der Waals surface area contributed by atoms with Crippen LogP contribution in [0.15, 0.2) is 0 Å². The second-order valence-electron chi connectivity index (χ2n) is 5.27. The summed E-state index contributed by atoms with van der Waals surface area (Å²) >= 11 is 0.501. The molecule has 5 nitrogen and oxygen atoms in total. The Labute approximate surface area is 123 Å². The van der Waals surface area contributed by atoms with Crippen LogP contribution in [0.25, 0.3) is 0 Å². The molecule has 1 heterocycles. The molecular formula is C12H15F3N2O3S. The number of amides is 1. The number of thiazole rings is 1. The summed E-state index contributed by atoms with van der Waals surface area (Å²) in [5, 5.41) is -0.248. The first kappa shape index (κ1) is 17.4. The van der Waals surface area contributed by atoms with Gasteiger partial charge >= 0.3 is 12.3 Å². The molecule has 0 aliphatic carbocycles. The molecule has 0 aliphatic heterocycles. The van der Waals surface area contributed by atoms with Gasteiger partial charge in [0.25, 0.3) is 0 Å². The fraction of sp³-hybridized carbons (Fsp3) is 0.583. The van der Waals surface area contributed by atoms with E-state index in [1.165, 1.54) is 7.05 Å². The molecule has 1 aromatic heterocycles. The summed E-state index contributed by atoms with van der Waals surface area (Å²) in [7, 11) is 1.23. The summed E-state index contributed by atoms with van der Waals surface area (Å²) in [6.07, 6.45) is -5.61. The van der Waals surface area contributed by atoms with Gasteiger partial charge in [-0.3, -0.25) is 9.69 Å². The van der Waals surface area contributed by atoms with E-state index >= 15 is 0 Å². The van der Waals surface area contributed by atoms with Gasteiger partial charge in [-0.25, -0.2) is 9.78 Å². The Morgan fingerprint density at radius 1 is 1.24 bits per heavy atom. The summed E-state index contributed by atoms with van der Waals surface area (Å²) in [5.41, 5.74) is -2.08. The molecule has 0 unspecified atom stereocenters. The lowest BCUT2D eigenvalue weighted by Crippen LogP contribution is -2.34. The summed E-state index contributed by atoms with van der Waals surface area (Å²) in [6.45, 7) is 5.90. The number of ketones is 1. The Kier molecular flexibility index (Phi) is 4.66. The third-order valence-electron chi connectivity index (χ3n) is 2.16. The average molecular weight is 324 g/mol. The van der Waals surface area contributed by atoms with Gasteiger partial charge < -0.3 is 4.74 Å². The zero-order valence-electron chi connectivity index (χ0n) is 12.2. The third kappa shape index (κ3) is 4.42. The first-order valence-electron chi connectivity index (χ1n) is 5.88. The van der Waals surface area contributed by atoms with Gasteiger partial charge in [0, 0.05) is 14.0 Å². The number of halogens is 3. The minimum Gasteiger partial charge on any atom is -0.443 e. The number of anilines is 1. The monoisotopic (exact) mass is 324 g/mol. The van der Waals surface area contributed by atoms with E-state index in [2.05, 4.69) is 4.98 Å². The lowest BCUT2D eigenvalue weighted by molar-refractivity contribution is -0.141. The van der Waals surface area contributed by atoms with Crippen molar-refractivity contribution in [3.8, 4) is 0 Å². The maximum absolute atomic E-state index is 12.8. The van der Waals surface area contributed by atoms with E-state index in [1.807, 2.05) is 0 Å². The van der Waals surface area contributed by atoms with Gasteiger partial charge in [-0.1, -0.05) is 11.3 Å². The lowest BCUT2D eigenvalue weighted by atomic mass is 10.2. The molecule has 0 atom stereocenters. The highest BCUT2D eigenvalue weighted by Gasteiger charge is 2.39. The fourth-order valence-corrected chi connectivity index (χ4v) is 2.22. The highest BCUT2D eigenvalue weighted by Crippen LogP contribution is 2.37. The van der Waals surface area contributed by atoms with Crippen molar-refractivity contribution in [1.82, 2.24) is 4.98 Å². The van der Waals surface area contributed by atoms with Crippen LogP contribution in [0.2, 0.25) is 0 Å². The summed E-state index contributed by atoms with van der Waals surface area (Å²) in [4.78, 5) is 26.7. The van der Waals surface area contributed by atoms with Gasteiger partial charge in [-0.15, -0.1) is 0 Å². The molecule has 0 aromatic carbocycles. The molecule has 118 valence electrons. The molecule has 9 heteroatoms. The van der Waals surface area contributed by atoms with Gasteiger partial charge in [0.1, 0.15) is 10.5 Å². The predicted molar refractivity (Wildman–Crippen MR) is 71.8 cm³/mol. The Hall–Kier alpha value is -1.64. The van der Waals surface area contributed by atoms with E-state index < -0.39 is 34.2 Å². The predicted octanol–water partition coefficient (Wildman–Crippen LogP) is 3.74. The topological polar surface area (TPSA) is 59.5 Å². The molecule has 1 aromatic rings. The summed E-state index contributed by atoms with van der Waals surface area (Å²) in [5.74, 6) is -0.760. The molecular weight excluding hydrogens is 309 g/mol. The SMILES string of the molecule is CC(=O)c1sc(N(C)C(=O)OC(C)(C)C)nc1C(F)(F)F. The smallest absolute Gasteiger partial charge is 0.435 e. The normalized spacial score (nSPS) is 12.2.